The van der Waals surface area contributed by atoms with Gasteiger partial charge in [0.2, 0.25) is 0 Å². The predicted molar refractivity (Wildman–Crippen MR) is 126 cm³/mol. The Morgan fingerprint density at radius 3 is 2.21 bits per heavy atom. The maximum Gasteiger partial charge on any atom is 0.530 e. The van der Waals surface area contributed by atoms with E-state index in [-0.39, 0.29) is 32.0 Å². The number of ether oxygens (including phenoxy) is 2. The van der Waals surface area contributed by atoms with Crippen molar-refractivity contribution < 1.29 is 42.3 Å². The normalized spacial score (nSPS) is 14.0. The largest absolute Gasteiger partial charge is 0.530 e. The summed E-state index contributed by atoms with van der Waals surface area (Å²) in [5, 5.41) is 11.5. The van der Waals surface area contributed by atoms with E-state index in [9.17, 15) is 14.2 Å². The molecule has 1 saturated heterocycles. The molecule has 1 aliphatic rings. The van der Waals surface area contributed by atoms with Crippen molar-refractivity contribution in [3.05, 3.63) is 29.8 Å². The van der Waals surface area contributed by atoms with E-state index < -0.39 is 25.9 Å². The minimum absolute atomic E-state index is 0.0736. The number of unbranched alkanes of at least 4 members (excludes halogenated alkanes) is 1. The lowest BCUT2D eigenvalue weighted by molar-refractivity contribution is -0.139. The molecule has 1 atom stereocenters. The van der Waals surface area contributed by atoms with Crippen LogP contribution in [-0.4, -0.2) is 56.2 Å². The number of alkyl carbamates (subject to hydrolysis) is 1. The number of hydrogen-bond donors (Lipinski definition) is 3. The van der Waals surface area contributed by atoms with E-state index in [1.54, 1.807) is 26.0 Å². The molecule has 1 amide bonds. The Balaban J connectivity index is 0.00000102. The summed E-state index contributed by atoms with van der Waals surface area (Å²) in [6.07, 6.45) is 3.26. The summed E-state index contributed by atoms with van der Waals surface area (Å²) in [6.45, 7) is 6.07. The highest BCUT2D eigenvalue weighted by atomic mass is 31.2. The van der Waals surface area contributed by atoms with E-state index in [4.69, 9.17) is 33.9 Å². The summed E-state index contributed by atoms with van der Waals surface area (Å²) in [5.74, 6) is -0.859. The van der Waals surface area contributed by atoms with Gasteiger partial charge in [-0.1, -0.05) is 12.1 Å². The molecule has 12 heteroatoms. The molecule has 1 unspecified atom stereocenters. The van der Waals surface area contributed by atoms with Crippen molar-refractivity contribution in [2.75, 3.05) is 33.0 Å². The second-order valence-electron chi connectivity index (χ2n) is 7.23. The Hall–Kier alpha value is -2.17. The number of rotatable bonds is 14. The van der Waals surface area contributed by atoms with Gasteiger partial charge in [-0.05, 0) is 70.2 Å². The zero-order chi connectivity index (χ0) is 25.2. The summed E-state index contributed by atoms with van der Waals surface area (Å²) in [4.78, 5) is 23.0. The summed E-state index contributed by atoms with van der Waals surface area (Å²) in [5.41, 5.74) is 6.01. The van der Waals surface area contributed by atoms with Crippen LogP contribution in [0, 0.1) is 0 Å². The molecule has 2 rings (SSSR count). The number of nitrogens with two attached hydrogens (primary N) is 1. The van der Waals surface area contributed by atoms with Gasteiger partial charge < -0.3 is 30.2 Å². The summed E-state index contributed by atoms with van der Waals surface area (Å²) >= 11 is 0. The van der Waals surface area contributed by atoms with Crippen LogP contribution in [0.25, 0.3) is 0 Å². The molecule has 1 aromatic carbocycles. The number of benzene rings is 1. The van der Waals surface area contributed by atoms with Crippen molar-refractivity contribution >= 4 is 19.9 Å². The molecule has 1 aliphatic heterocycles. The molecule has 1 aromatic rings. The van der Waals surface area contributed by atoms with Crippen LogP contribution in [-0.2, 0) is 34.5 Å². The first-order valence-electron chi connectivity index (χ1n) is 11.4. The first-order chi connectivity index (χ1) is 16.3. The molecular weight excluding hydrogens is 467 g/mol. The van der Waals surface area contributed by atoms with Gasteiger partial charge in [0.1, 0.15) is 18.4 Å². The van der Waals surface area contributed by atoms with Crippen molar-refractivity contribution in [3.8, 4) is 5.75 Å². The first kappa shape index (κ1) is 29.9. The Morgan fingerprint density at radius 1 is 1.12 bits per heavy atom. The third-order valence-corrected chi connectivity index (χ3v) is 6.03. The van der Waals surface area contributed by atoms with E-state index in [2.05, 4.69) is 5.32 Å². The standard InChI is InChI=1S/C18H29N2O8P.C4H8O/c1-3-26-29(24,27-4-2)28-15-10-8-14(9-11-15)13-25-18(23)20-16(17(21)22)7-5-6-12-19;1-2-4-5-3-1/h8-11,16H,3-7,12-13,19H2,1-2H3,(H,20,23)(H,21,22);1-4H2. The number of amides is 1. The lowest BCUT2D eigenvalue weighted by Gasteiger charge is -2.17. The number of carboxylic acids is 1. The van der Waals surface area contributed by atoms with Gasteiger partial charge in [-0.15, -0.1) is 0 Å². The summed E-state index contributed by atoms with van der Waals surface area (Å²) in [6, 6.07) is 5.26. The van der Waals surface area contributed by atoms with E-state index in [0.717, 1.165) is 13.2 Å². The summed E-state index contributed by atoms with van der Waals surface area (Å²) < 4.78 is 37.7. The van der Waals surface area contributed by atoms with E-state index in [0.29, 0.717) is 24.9 Å². The fourth-order valence-electron chi connectivity index (χ4n) is 2.78. The fourth-order valence-corrected chi connectivity index (χ4v) is 3.97. The number of carboxylic acid groups (broad SMARTS) is 1. The zero-order valence-electron chi connectivity index (χ0n) is 19.9. The number of carbonyl (C=O) groups excluding carboxylic acids is 1. The molecular formula is C22H37N2O9P. The number of nitrogens with one attached hydrogen (secondary N) is 1. The van der Waals surface area contributed by atoms with Crippen LogP contribution in [0.3, 0.4) is 0 Å². The number of aliphatic carboxylic acids is 1. The van der Waals surface area contributed by atoms with Crippen molar-refractivity contribution in [2.45, 2.75) is 58.6 Å². The van der Waals surface area contributed by atoms with E-state index in [1.807, 2.05) is 0 Å². The van der Waals surface area contributed by atoms with Crippen LogP contribution in [0.2, 0.25) is 0 Å². The van der Waals surface area contributed by atoms with Gasteiger partial charge in [-0.2, -0.15) is 0 Å². The van der Waals surface area contributed by atoms with Crippen LogP contribution < -0.4 is 15.6 Å². The Kier molecular flexibility index (Phi) is 15.2. The van der Waals surface area contributed by atoms with Crippen LogP contribution in [0.1, 0.15) is 51.5 Å². The SMILES string of the molecule is C1CCOC1.CCOP(=O)(OCC)Oc1ccc(COC(=O)NC(CCCCN)C(=O)O)cc1. The molecule has 11 nitrogen and oxygen atoms in total. The van der Waals surface area contributed by atoms with Crippen LogP contribution in [0.4, 0.5) is 4.79 Å². The number of hydrogen-bond acceptors (Lipinski definition) is 9. The highest BCUT2D eigenvalue weighted by molar-refractivity contribution is 7.48. The molecule has 0 bridgehead atoms. The first-order valence-corrected chi connectivity index (χ1v) is 12.9. The Morgan fingerprint density at radius 2 is 1.74 bits per heavy atom. The van der Waals surface area contributed by atoms with E-state index in [1.165, 1.54) is 25.0 Å². The molecule has 1 fully saturated rings. The maximum atomic E-state index is 12.3. The van der Waals surface area contributed by atoms with Crippen LogP contribution in [0.5, 0.6) is 5.75 Å². The number of carbonyl (C=O) groups is 2. The van der Waals surface area contributed by atoms with Crippen molar-refractivity contribution in [1.82, 2.24) is 5.32 Å². The molecule has 0 radical (unpaired) electrons. The average Bonchev–Trinajstić information content (AvgIpc) is 3.38. The monoisotopic (exact) mass is 504 g/mol. The quantitative estimate of drug-likeness (QED) is 0.251. The minimum Gasteiger partial charge on any atom is -0.480 e. The molecule has 0 aromatic heterocycles. The van der Waals surface area contributed by atoms with Crippen molar-refractivity contribution in [2.24, 2.45) is 5.73 Å². The lowest BCUT2D eigenvalue weighted by Crippen LogP contribution is -2.41. The van der Waals surface area contributed by atoms with Gasteiger partial charge in [0.05, 0.1) is 13.2 Å². The second kappa shape index (κ2) is 17.3. The topological polar surface area (TPSA) is 156 Å². The Labute approximate surface area is 200 Å². The second-order valence-corrected chi connectivity index (χ2v) is 8.83. The summed E-state index contributed by atoms with van der Waals surface area (Å²) in [7, 11) is -3.68. The number of phosphoric ester groups is 1. The van der Waals surface area contributed by atoms with Crippen molar-refractivity contribution in [3.63, 3.8) is 0 Å². The maximum absolute atomic E-state index is 12.3. The van der Waals surface area contributed by atoms with Gasteiger partial charge in [0.25, 0.3) is 0 Å². The molecule has 0 saturated carbocycles. The number of phosphoric acid groups is 1. The molecule has 1 heterocycles. The molecule has 0 spiro atoms. The van der Waals surface area contributed by atoms with E-state index >= 15 is 0 Å². The van der Waals surface area contributed by atoms with Gasteiger partial charge in [-0.3, -0.25) is 9.05 Å². The third kappa shape index (κ3) is 12.9. The molecule has 4 N–H and O–H groups in total. The smallest absolute Gasteiger partial charge is 0.480 e. The lowest BCUT2D eigenvalue weighted by atomic mass is 10.1. The Bertz CT molecular complexity index is 740. The van der Waals surface area contributed by atoms with Gasteiger partial charge in [0.15, 0.2) is 0 Å². The molecule has 0 aliphatic carbocycles. The van der Waals surface area contributed by atoms with Gasteiger partial charge >= 0.3 is 19.9 Å². The van der Waals surface area contributed by atoms with Gasteiger partial charge in [-0.25, -0.2) is 14.2 Å². The zero-order valence-corrected chi connectivity index (χ0v) is 20.8. The highest BCUT2D eigenvalue weighted by Crippen LogP contribution is 2.49. The molecule has 194 valence electrons. The minimum atomic E-state index is -3.68. The van der Waals surface area contributed by atoms with Crippen LogP contribution >= 0.6 is 7.82 Å². The van der Waals surface area contributed by atoms with Gasteiger partial charge in [0, 0.05) is 13.2 Å². The van der Waals surface area contributed by atoms with Crippen molar-refractivity contribution in [1.29, 1.82) is 0 Å². The average molecular weight is 505 g/mol. The predicted octanol–water partition coefficient (Wildman–Crippen LogP) is 3.85. The highest BCUT2D eigenvalue weighted by Gasteiger charge is 2.27. The molecule has 34 heavy (non-hydrogen) atoms. The van der Waals surface area contributed by atoms with Crippen LogP contribution in [0.15, 0.2) is 24.3 Å². The fraction of sp³-hybridized carbons (Fsp3) is 0.636. The third-order valence-electron chi connectivity index (χ3n) is 4.45.